The number of hydrogen-bond acceptors (Lipinski definition) is 2. The minimum absolute atomic E-state index is 0.113. The standard InChI is InChI=1S/C14H17F3N2O/c1-9-5-10(7-11(6-9)14(15,16)17)8-19-13(20)12-3-2-4-18-12/h5-7,12,18H,2-4,8H2,1H3,(H,19,20). The molecule has 0 radical (unpaired) electrons. The fraction of sp³-hybridized carbons (Fsp3) is 0.500. The summed E-state index contributed by atoms with van der Waals surface area (Å²) in [5, 5.41) is 5.73. The lowest BCUT2D eigenvalue weighted by molar-refractivity contribution is -0.137. The molecule has 0 spiro atoms. The Kier molecular flexibility index (Phi) is 4.32. The molecule has 1 saturated heterocycles. The van der Waals surface area contributed by atoms with E-state index in [1.54, 1.807) is 13.0 Å². The number of hydrogen-bond donors (Lipinski definition) is 2. The minimum atomic E-state index is -4.36. The number of aryl methyl sites for hydroxylation is 1. The summed E-state index contributed by atoms with van der Waals surface area (Å²) in [6, 6.07) is 3.61. The monoisotopic (exact) mass is 286 g/mol. The molecule has 0 aromatic heterocycles. The molecule has 3 nitrogen and oxygen atoms in total. The average Bonchev–Trinajstić information content (AvgIpc) is 2.88. The average molecular weight is 286 g/mol. The molecule has 2 N–H and O–H groups in total. The Labute approximate surface area is 115 Å². The van der Waals surface area contributed by atoms with Crippen molar-refractivity contribution in [1.29, 1.82) is 0 Å². The number of benzene rings is 1. The topological polar surface area (TPSA) is 41.1 Å². The van der Waals surface area contributed by atoms with E-state index in [9.17, 15) is 18.0 Å². The van der Waals surface area contributed by atoms with Gasteiger partial charge >= 0.3 is 6.18 Å². The summed E-state index contributed by atoms with van der Waals surface area (Å²) < 4.78 is 38.1. The third kappa shape index (κ3) is 3.72. The second-order valence-electron chi connectivity index (χ2n) is 5.07. The van der Waals surface area contributed by atoms with E-state index < -0.39 is 11.7 Å². The summed E-state index contributed by atoms with van der Waals surface area (Å²) in [5.41, 5.74) is 0.312. The summed E-state index contributed by atoms with van der Waals surface area (Å²) in [5.74, 6) is -0.155. The lowest BCUT2D eigenvalue weighted by Gasteiger charge is -2.13. The highest BCUT2D eigenvalue weighted by Crippen LogP contribution is 2.30. The van der Waals surface area contributed by atoms with E-state index >= 15 is 0 Å². The van der Waals surface area contributed by atoms with Crippen molar-refractivity contribution in [3.05, 3.63) is 34.9 Å². The van der Waals surface area contributed by atoms with Crippen LogP contribution in [0, 0.1) is 6.92 Å². The lowest BCUT2D eigenvalue weighted by atomic mass is 10.1. The van der Waals surface area contributed by atoms with Gasteiger partial charge in [-0.15, -0.1) is 0 Å². The third-order valence-electron chi connectivity index (χ3n) is 3.31. The van der Waals surface area contributed by atoms with Crippen LogP contribution in [0.15, 0.2) is 18.2 Å². The molecule has 2 rings (SSSR count). The highest BCUT2D eigenvalue weighted by molar-refractivity contribution is 5.81. The van der Waals surface area contributed by atoms with Crippen LogP contribution in [-0.4, -0.2) is 18.5 Å². The molecule has 1 amide bonds. The van der Waals surface area contributed by atoms with Gasteiger partial charge in [-0.25, -0.2) is 0 Å². The van der Waals surface area contributed by atoms with Gasteiger partial charge in [-0.2, -0.15) is 13.2 Å². The number of rotatable bonds is 3. The number of halogens is 3. The van der Waals surface area contributed by atoms with Crippen LogP contribution in [0.3, 0.4) is 0 Å². The maximum absolute atomic E-state index is 12.7. The van der Waals surface area contributed by atoms with Crippen LogP contribution in [0.2, 0.25) is 0 Å². The summed E-state index contributed by atoms with van der Waals surface area (Å²) in [4.78, 5) is 11.8. The lowest BCUT2D eigenvalue weighted by Crippen LogP contribution is -2.40. The van der Waals surface area contributed by atoms with Gasteiger partial charge in [0.15, 0.2) is 0 Å². The zero-order chi connectivity index (χ0) is 14.8. The fourth-order valence-electron chi connectivity index (χ4n) is 2.35. The molecule has 1 fully saturated rings. The number of amides is 1. The second kappa shape index (κ2) is 5.83. The Morgan fingerprint density at radius 2 is 2.15 bits per heavy atom. The van der Waals surface area contributed by atoms with E-state index in [0.29, 0.717) is 11.1 Å². The van der Waals surface area contributed by atoms with Gasteiger partial charge in [-0.3, -0.25) is 4.79 Å². The predicted octanol–water partition coefficient (Wildman–Crippen LogP) is 2.38. The van der Waals surface area contributed by atoms with E-state index in [-0.39, 0.29) is 18.5 Å². The first-order valence-electron chi connectivity index (χ1n) is 6.55. The largest absolute Gasteiger partial charge is 0.416 e. The Hall–Kier alpha value is -1.56. The fourth-order valence-corrected chi connectivity index (χ4v) is 2.35. The highest BCUT2D eigenvalue weighted by Gasteiger charge is 2.31. The Balaban J connectivity index is 2.02. The first kappa shape index (κ1) is 14.8. The van der Waals surface area contributed by atoms with Gasteiger partial charge in [0.05, 0.1) is 11.6 Å². The van der Waals surface area contributed by atoms with E-state index in [1.165, 1.54) is 0 Å². The number of carbonyl (C=O) groups is 1. The predicted molar refractivity (Wildman–Crippen MR) is 69.1 cm³/mol. The maximum Gasteiger partial charge on any atom is 0.416 e. The zero-order valence-electron chi connectivity index (χ0n) is 11.2. The molecular formula is C14H17F3N2O. The van der Waals surface area contributed by atoms with Gasteiger partial charge in [-0.1, -0.05) is 11.6 Å². The quantitative estimate of drug-likeness (QED) is 0.895. The van der Waals surface area contributed by atoms with Gasteiger partial charge in [0.25, 0.3) is 0 Å². The van der Waals surface area contributed by atoms with Gasteiger partial charge in [0.2, 0.25) is 5.91 Å². The SMILES string of the molecule is Cc1cc(CNC(=O)C2CCCN2)cc(C(F)(F)F)c1. The smallest absolute Gasteiger partial charge is 0.351 e. The summed E-state index contributed by atoms with van der Waals surface area (Å²) in [7, 11) is 0. The molecular weight excluding hydrogens is 269 g/mol. The summed E-state index contributed by atoms with van der Waals surface area (Å²) >= 11 is 0. The molecule has 1 aromatic carbocycles. The molecule has 1 aromatic rings. The summed E-state index contributed by atoms with van der Waals surface area (Å²) in [6.45, 7) is 2.53. The first-order valence-corrected chi connectivity index (χ1v) is 6.55. The number of nitrogens with one attached hydrogen (secondary N) is 2. The molecule has 0 aliphatic carbocycles. The Morgan fingerprint density at radius 3 is 2.75 bits per heavy atom. The third-order valence-corrected chi connectivity index (χ3v) is 3.31. The van der Waals surface area contributed by atoms with Gasteiger partial charge in [0, 0.05) is 6.54 Å². The van der Waals surface area contributed by atoms with E-state index in [4.69, 9.17) is 0 Å². The first-order chi connectivity index (χ1) is 9.36. The van der Waals surface area contributed by atoms with Crippen LogP contribution < -0.4 is 10.6 Å². The van der Waals surface area contributed by atoms with Crippen molar-refractivity contribution in [3.8, 4) is 0 Å². The van der Waals surface area contributed by atoms with Gasteiger partial charge in [-0.05, 0) is 44.0 Å². The normalized spacial score (nSPS) is 19.1. The molecule has 0 saturated carbocycles. The van der Waals surface area contributed by atoms with Crippen LogP contribution in [0.5, 0.6) is 0 Å². The Morgan fingerprint density at radius 1 is 1.40 bits per heavy atom. The molecule has 1 unspecified atom stereocenters. The highest BCUT2D eigenvalue weighted by atomic mass is 19.4. The molecule has 20 heavy (non-hydrogen) atoms. The van der Waals surface area contributed by atoms with Gasteiger partial charge < -0.3 is 10.6 Å². The van der Waals surface area contributed by atoms with E-state index in [1.807, 2.05) is 0 Å². The molecule has 6 heteroatoms. The van der Waals surface area contributed by atoms with Crippen LogP contribution in [-0.2, 0) is 17.5 Å². The second-order valence-corrected chi connectivity index (χ2v) is 5.07. The molecule has 0 bridgehead atoms. The molecule has 110 valence electrons. The van der Waals surface area contributed by atoms with Gasteiger partial charge in [0.1, 0.15) is 0 Å². The molecule has 1 aliphatic heterocycles. The van der Waals surface area contributed by atoms with Crippen molar-refractivity contribution in [2.75, 3.05) is 6.54 Å². The van der Waals surface area contributed by atoms with Crippen molar-refractivity contribution in [1.82, 2.24) is 10.6 Å². The van der Waals surface area contributed by atoms with E-state index in [2.05, 4.69) is 10.6 Å². The minimum Gasteiger partial charge on any atom is -0.351 e. The maximum atomic E-state index is 12.7. The van der Waals surface area contributed by atoms with Crippen molar-refractivity contribution in [3.63, 3.8) is 0 Å². The van der Waals surface area contributed by atoms with Crippen molar-refractivity contribution >= 4 is 5.91 Å². The molecule has 1 aliphatic rings. The van der Waals surface area contributed by atoms with Crippen LogP contribution in [0.1, 0.15) is 29.5 Å². The Bertz CT molecular complexity index is 494. The van der Waals surface area contributed by atoms with Crippen LogP contribution >= 0.6 is 0 Å². The van der Waals surface area contributed by atoms with E-state index in [0.717, 1.165) is 31.5 Å². The van der Waals surface area contributed by atoms with Crippen molar-refractivity contribution < 1.29 is 18.0 Å². The van der Waals surface area contributed by atoms with Crippen molar-refractivity contribution in [2.45, 2.75) is 38.5 Å². The summed E-state index contributed by atoms with van der Waals surface area (Å²) in [6.07, 6.45) is -2.65. The zero-order valence-corrected chi connectivity index (χ0v) is 11.2. The number of alkyl halides is 3. The molecule has 1 atom stereocenters. The van der Waals surface area contributed by atoms with Crippen LogP contribution in [0.4, 0.5) is 13.2 Å². The number of carbonyl (C=O) groups excluding carboxylic acids is 1. The molecule has 1 heterocycles. The van der Waals surface area contributed by atoms with Crippen molar-refractivity contribution in [2.24, 2.45) is 0 Å². The van der Waals surface area contributed by atoms with Crippen LogP contribution in [0.25, 0.3) is 0 Å².